The van der Waals surface area contributed by atoms with Gasteiger partial charge in [0.05, 0.1) is 6.10 Å². The van der Waals surface area contributed by atoms with Crippen molar-refractivity contribution in [2.24, 2.45) is 0 Å². The molecule has 3 nitrogen and oxygen atoms in total. The van der Waals surface area contributed by atoms with Crippen LogP contribution in [0.5, 0.6) is 5.75 Å². The molecule has 1 N–H and O–H groups in total. The van der Waals surface area contributed by atoms with Crippen LogP contribution >= 0.6 is 11.6 Å². The van der Waals surface area contributed by atoms with Gasteiger partial charge in [0.15, 0.2) is 0 Å². The summed E-state index contributed by atoms with van der Waals surface area (Å²) in [5, 5.41) is 4.28. The standard InChI is InChI=1S/C16H24ClNO2/c1-11-9-14(10-12(2)16(11)17)19-8-6-18-13(3)15-5-4-7-20-15/h9-10,13,15,18H,4-8H2,1-3H3. The van der Waals surface area contributed by atoms with E-state index in [9.17, 15) is 0 Å². The van der Waals surface area contributed by atoms with Gasteiger partial charge in [0.25, 0.3) is 0 Å². The molecule has 1 fully saturated rings. The van der Waals surface area contributed by atoms with Crippen LogP contribution in [0.15, 0.2) is 12.1 Å². The summed E-state index contributed by atoms with van der Waals surface area (Å²) in [7, 11) is 0. The predicted octanol–water partition coefficient (Wildman–Crippen LogP) is 3.49. The average Bonchev–Trinajstić information content (AvgIpc) is 2.94. The van der Waals surface area contributed by atoms with E-state index in [1.165, 1.54) is 6.42 Å². The fourth-order valence-electron chi connectivity index (χ4n) is 2.57. The quantitative estimate of drug-likeness (QED) is 0.815. The van der Waals surface area contributed by atoms with Crippen molar-refractivity contribution in [1.82, 2.24) is 5.32 Å². The highest BCUT2D eigenvalue weighted by molar-refractivity contribution is 6.32. The number of hydrogen-bond donors (Lipinski definition) is 1. The molecule has 0 aliphatic carbocycles. The van der Waals surface area contributed by atoms with Crippen LogP contribution in [0.3, 0.4) is 0 Å². The molecule has 1 aliphatic rings. The monoisotopic (exact) mass is 297 g/mol. The van der Waals surface area contributed by atoms with E-state index in [4.69, 9.17) is 21.1 Å². The van der Waals surface area contributed by atoms with Gasteiger partial charge in [-0.15, -0.1) is 0 Å². The number of rotatable bonds is 6. The van der Waals surface area contributed by atoms with Gasteiger partial charge in [0, 0.05) is 24.2 Å². The van der Waals surface area contributed by atoms with Crippen LogP contribution in [0, 0.1) is 13.8 Å². The Morgan fingerprint density at radius 1 is 1.40 bits per heavy atom. The molecule has 2 rings (SSSR count). The first kappa shape index (κ1) is 15.6. The molecule has 0 saturated carbocycles. The van der Waals surface area contributed by atoms with Crippen LogP contribution in [0.2, 0.25) is 5.02 Å². The highest BCUT2D eigenvalue weighted by Crippen LogP contribution is 2.25. The molecule has 1 aliphatic heterocycles. The topological polar surface area (TPSA) is 30.5 Å². The molecular weight excluding hydrogens is 274 g/mol. The number of benzene rings is 1. The van der Waals surface area contributed by atoms with Crippen molar-refractivity contribution in [1.29, 1.82) is 0 Å². The molecule has 1 aromatic carbocycles. The number of hydrogen-bond acceptors (Lipinski definition) is 3. The van der Waals surface area contributed by atoms with Crippen LogP contribution in [-0.2, 0) is 4.74 Å². The zero-order valence-electron chi connectivity index (χ0n) is 12.5. The van der Waals surface area contributed by atoms with Gasteiger partial charge in [0.1, 0.15) is 12.4 Å². The lowest BCUT2D eigenvalue weighted by molar-refractivity contribution is 0.0824. The van der Waals surface area contributed by atoms with Gasteiger partial charge < -0.3 is 14.8 Å². The van der Waals surface area contributed by atoms with Gasteiger partial charge in [-0.2, -0.15) is 0 Å². The third-order valence-corrected chi connectivity index (χ3v) is 4.37. The minimum atomic E-state index is 0.357. The second kappa shape index (κ2) is 7.30. The fraction of sp³-hybridized carbons (Fsp3) is 0.625. The molecule has 1 heterocycles. The van der Waals surface area contributed by atoms with Crippen LogP contribution in [-0.4, -0.2) is 31.9 Å². The minimum absolute atomic E-state index is 0.357. The minimum Gasteiger partial charge on any atom is -0.492 e. The molecule has 0 spiro atoms. The first-order valence-electron chi connectivity index (χ1n) is 7.32. The lowest BCUT2D eigenvalue weighted by Crippen LogP contribution is -2.39. The predicted molar refractivity (Wildman–Crippen MR) is 82.9 cm³/mol. The molecule has 20 heavy (non-hydrogen) atoms. The smallest absolute Gasteiger partial charge is 0.119 e. The molecule has 112 valence electrons. The Kier molecular flexibility index (Phi) is 5.70. The Labute approximate surface area is 126 Å². The van der Waals surface area contributed by atoms with Gasteiger partial charge >= 0.3 is 0 Å². The van der Waals surface area contributed by atoms with E-state index in [2.05, 4.69) is 12.2 Å². The Morgan fingerprint density at radius 2 is 2.10 bits per heavy atom. The van der Waals surface area contributed by atoms with E-state index in [1.807, 2.05) is 26.0 Å². The summed E-state index contributed by atoms with van der Waals surface area (Å²) < 4.78 is 11.4. The summed E-state index contributed by atoms with van der Waals surface area (Å²) in [4.78, 5) is 0. The van der Waals surface area contributed by atoms with Gasteiger partial charge in [0.2, 0.25) is 0 Å². The Bertz CT molecular complexity index is 421. The molecule has 1 saturated heterocycles. The molecule has 0 amide bonds. The summed E-state index contributed by atoms with van der Waals surface area (Å²) in [6.45, 7) is 8.54. The summed E-state index contributed by atoms with van der Waals surface area (Å²) in [5.74, 6) is 0.885. The maximum atomic E-state index is 6.14. The van der Waals surface area contributed by atoms with Crippen molar-refractivity contribution in [3.63, 3.8) is 0 Å². The molecular formula is C16H24ClNO2. The van der Waals surface area contributed by atoms with Crippen molar-refractivity contribution in [3.8, 4) is 5.75 Å². The first-order chi connectivity index (χ1) is 9.58. The fourth-order valence-corrected chi connectivity index (χ4v) is 2.68. The van der Waals surface area contributed by atoms with E-state index in [1.54, 1.807) is 0 Å². The van der Waals surface area contributed by atoms with Crippen molar-refractivity contribution in [3.05, 3.63) is 28.3 Å². The van der Waals surface area contributed by atoms with Crippen molar-refractivity contribution < 1.29 is 9.47 Å². The summed E-state index contributed by atoms with van der Waals surface area (Å²) in [5.41, 5.74) is 2.12. The Balaban J connectivity index is 1.73. The molecule has 4 heteroatoms. The van der Waals surface area contributed by atoms with Crippen LogP contribution in [0.1, 0.15) is 30.9 Å². The molecule has 2 unspecified atom stereocenters. The van der Waals surface area contributed by atoms with Crippen LogP contribution < -0.4 is 10.1 Å². The Hall–Kier alpha value is -0.770. The van der Waals surface area contributed by atoms with E-state index >= 15 is 0 Å². The molecule has 1 aromatic rings. The highest BCUT2D eigenvalue weighted by Gasteiger charge is 2.21. The Morgan fingerprint density at radius 3 is 2.70 bits per heavy atom. The average molecular weight is 298 g/mol. The summed E-state index contributed by atoms with van der Waals surface area (Å²) in [6.07, 6.45) is 2.69. The highest BCUT2D eigenvalue weighted by atomic mass is 35.5. The number of ether oxygens (including phenoxy) is 2. The SMILES string of the molecule is Cc1cc(OCCNC(C)C2CCCO2)cc(C)c1Cl. The number of aryl methyl sites for hydroxylation is 2. The van der Waals surface area contributed by atoms with E-state index in [0.717, 1.165) is 41.5 Å². The van der Waals surface area contributed by atoms with Crippen LogP contribution in [0.4, 0.5) is 0 Å². The van der Waals surface area contributed by atoms with E-state index < -0.39 is 0 Å². The van der Waals surface area contributed by atoms with Crippen LogP contribution in [0.25, 0.3) is 0 Å². The van der Waals surface area contributed by atoms with Gasteiger partial charge in [-0.1, -0.05) is 11.6 Å². The van der Waals surface area contributed by atoms with Crippen molar-refractivity contribution in [2.45, 2.75) is 45.8 Å². The number of nitrogens with one attached hydrogen (secondary N) is 1. The zero-order valence-corrected chi connectivity index (χ0v) is 13.3. The number of halogens is 1. The van der Waals surface area contributed by atoms with Gasteiger partial charge in [-0.05, 0) is 56.9 Å². The van der Waals surface area contributed by atoms with Gasteiger partial charge in [-0.3, -0.25) is 0 Å². The maximum absolute atomic E-state index is 6.14. The second-order valence-corrected chi connectivity index (χ2v) is 5.89. The van der Waals surface area contributed by atoms with Crippen molar-refractivity contribution in [2.75, 3.05) is 19.8 Å². The normalized spacial score (nSPS) is 20.1. The second-order valence-electron chi connectivity index (χ2n) is 5.51. The van der Waals surface area contributed by atoms with E-state index in [-0.39, 0.29) is 0 Å². The molecule has 0 radical (unpaired) electrons. The molecule has 2 atom stereocenters. The molecule has 0 aromatic heterocycles. The third-order valence-electron chi connectivity index (χ3n) is 3.77. The van der Waals surface area contributed by atoms with E-state index in [0.29, 0.717) is 18.8 Å². The largest absolute Gasteiger partial charge is 0.492 e. The maximum Gasteiger partial charge on any atom is 0.119 e. The lowest BCUT2D eigenvalue weighted by Gasteiger charge is -2.20. The third kappa shape index (κ3) is 4.11. The van der Waals surface area contributed by atoms with Gasteiger partial charge in [-0.25, -0.2) is 0 Å². The first-order valence-corrected chi connectivity index (χ1v) is 7.70. The lowest BCUT2D eigenvalue weighted by atomic mass is 10.1. The zero-order chi connectivity index (χ0) is 14.5. The van der Waals surface area contributed by atoms with Crippen molar-refractivity contribution >= 4 is 11.6 Å². The summed E-state index contributed by atoms with van der Waals surface area (Å²) in [6, 6.07) is 4.35. The summed E-state index contributed by atoms with van der Waals surface area (Å²) >= 11 is 6.14. The molecule has 0 bridgehead atoms.